The summed E-state index contributed by atoms with van der Waals surface area (Å²) < 4.78 is 35.6. The maximum absolute atomic E-state index is 12.7. The van der Waals surface area contributed by atoms with Crippen LogP contribution in [0.5, 0.6) is 0 Å². The first-order chi connectivity index (χ1) is 18.9. The van der Waals surface area contributed by atoms with E-state index in [9.17, 15) is 39.5 Å². The van der Waals surface area contributed by atoms with Gasteiger partial charge in [0.1, 0.15) is 43.0 Å². The smallest absolute Gasteiger partial charge is 0.394 e. The topological polar surface area (TPSA) is 319 Å². The largest absolute Gasteiger partial charge is 0.472 e. The summed E-state index contributed by atoms with van der Waals surface area (Å²) >= 11 is 0. The zero-order valence-corrected chi connectivity index (χ0v) is 21.0. The van der Waals surface area contributed by atoms with Crippen molar-refractivity contribution in [3.63, 3.8) is 0 Å². The van der Waals surface area contributed by atoms with Crippen LogP contribution in [0.4, 0.5) is 11.9 Å². The lowest BCUT2D eigenvalue weighted by molar-refractivity contribution is -0.0613. The Morgan fingerprint density at radius 2 is 1.68 bits per heavy atom. The minimum absolute atomic E-state index is 0.0721. The lowest BCUT2D eigenvalue weighted by atomic mass is 10.1. The molecule has 40 heavy (non-hydrogen) atoms. The van der Waals surface area contributed by atoms with E-state index < -0.39 is 81.4 Å². The highest BCUT2D eigenvalue weighted by molar-refractivity contribution is 7.47. The van der Waals surface area contributed by atoms with Crippen LogP contribution in [0, 0.1) is 0 Å². The van der Waals surface area contributed by atoms with E-state index in [1.54, 1.807) is 0 Å². The van der Waals surface area contributed by atoms with Crippen molar-refractivity contribution in [3.05, 3.63) is 33.5 Å². The summed E-state index contributed by atoms with van der Waals surface area (Å²) in [6.07, 6.45) is -10.3. The van der Waals surface area contributed by atoms with Crippen molar-refractivity contribution in [2.75, 3.05) is 24.7 Å². The molecule has 0 saturated carbocycles. The van der Waals surface area contributed by atoms with Gasteiger partial charge in [0.25, 0.3) is 5.56 Å². The van der Waals surface area contributed by atoms with Crippen molar-refractivity contribution in [1.82, 2.24) is 34.1 Å². The molecule has 0 aliphatic carbocycles. The van der Waals surface area contributed by atoms with Gasteiger partial charge in [-0.1, -0.05) is 0 Å². The number of rotatable bonds is 8. The molecular formula is C18H24N9O12P. The Morgan fingerprint density at radius 1 is 1.00 bits per heavy atom. The average Bonchev–Trinajstić information content (AvgIpc) is 3.53. The molecule has 22 heteroatoms. The van der Waals surface area contributed by atoms with Gasteiger partial charge in [0.15, 0.2) is 23.6 Å². The van der Waals surface area contributed by atoms with E-state index in [1.807, 2.05) is 0 Å². The second-order valence-electron chi connectivity index (χ2n) is 8.80. The number of aromatic amines is 1. The maximum Gasteiger partial charge on any atom is 0.472 e. The minimum Gasteiger partial charge on any atom is -0.394 e. The van der Waals surface area contributed by atoms with E-state index in [0.29, 0.717) is 0 Å². The number of hydrogen-bond acceptors (Lipinski definition) is 17. The highest BCUT2D eigenvalue weighted by atomic mass is 31.2. The molecule has 0 bridgehead atoms. The summed E-state index contributed by atoms with van der Waals surface area (Å²) in [7, 11) is -5.05. The van der Waals surface area contributed by atoms with Crippen molar-refractivity contribution in [2.45, 2.75) is 49.1 Å². The van der Waals surface area contributed by atoms with E-state index in [2.05, 4.69) is 24.9 Å². The number of aromatic nitrogens is 7. The zero-order chi connectivity index (χ0) is 28.9. The minimum atomic E-state index is -5.05. The fraction of sp³-hybridized carbons (Fsp3) is 0.556. The molecule has 2 aliphatic heterocycles. The Labute approximate surface area is 221 Å². The number of phosphoric ester groups is 1. The fourth-order valence-electron chi connectivity index (χ4n) is 4.33. The number of imidazole rings is 1. The molecule has 2 aliphatic rings. The first-order valence-electron chi connectivity index (χ1n) is 11.4. The normalized spacial score (nSPS) is 32.0. The van der Waals surface area contributed by atoms with E-state index in [0.717, 1.165) is 21.8 Å². The van der Waals surface area contributed by atoms with Gasteiger partial charge < -0.3 is 46.3 Å². The van der Waals surface area contributed by atoms with Crippen molar-refractivity contribution >= 4 is 30.9 Å². The number of fused-ring (bicyclic) bond motifs is 1. The van der Waals surface area contributed by atoms with Crippen LogP contribution >= 0.6 is 7.82 Å². The molecule has 218 valence electrons. The van der Waals surface area contributed by atoms with Gasteiger partial charge in [-0.05, 0) is 0 Å². The Kier molecular flexibility index (Phi) is 7.43. The first kappa shape index (κ1) is 28.2. The number of hydrogen-bond donors (Lipinski definition) is 8. The molecule has 21 nitrogen and oxygen atoms in total. The van der Waals surface area contributed by atoms with Gasteiger partial charge in [0.2, 0.25) is 11.9 Å². The standard InChI is InChI=1S/C18H24N9O12P/c19-16-22-4-27(18(33)25-16)14-9(30)8(29)6(38-14)2-36-40(34,35)39-11-5(1-28)37-15(10(11)31)26-3-21-7-12(26)23-17(20)24-13(7)32/h3-6,8-11,14-15,28-31H,1-2H2,(H,34,35)(H2,19,25,33)(H3,20,23,24,32)/t5-,6-,8+,9+,10+,11+,14-,15-/m1/s1. The number of nitrogens with two attached hydrogens (primary N) is 2. The molecule has 0 radical (unpaired) electrons. The summed E-state index contributed by atoms with van der Waals surface area (Å²) in [6.45, 7) is -1.58. The predicted octanol–water partition coefficient (Wildman–Crippen LogP) is -4.69. The third kappa shape index (κ3) is 5.10. The average molecular weight is 589 g/mol. The molecule has 3 aromatic rings. The van der Waals surface area contributed by atoms with Gasteiger partial charge in [-0.25, -0.2) is 19.3 Å². The summed E-state index contributed by atoms with van der Waals surface area (Å²) in [5.74, 6) is -0.576. The van der Waals surface area contributed by atoms with Crippen LogP contribution in [0.25, 0.3) is 11.2 Å². The van der Waals surface area contributed by atoms with Crippen LogP contribution in [-0.4, -0.2) is 109 Å². The maximum atomic E-state index is 12.7. The highest BCUT2D eigenvalue weighted by Gasteiger charge is 2.50. The number of nitrogens with one attached hydrogen (secondary N) is 1. The van der Waals surface area contributed by atoms with Crippen LogP contribution < -0.4 is 22.7 Å². The highest BCUT2D eigenvalue weighted by Crippen LogP contribution is 2.49. The summed E-state index contributed by atoms with van der Waals surface area (Å²) in [5, 5.41) is 41.2. The predicted molar refractivity (Wildman–Crippen MR) is 127 cm³/mol. The first-order valence-corrected chi connectivity index (χ1v) is 12.9. The number of anilines is 2. The second-order valence-corrected chi connectivity index (χ2v) is 10.2. The number of aliphatic hydroxyl groups excluding tert-OH is 4. The number of nitrogen functional groups attached to an aromatic ring is 2. The molecular weight excluding hydrogens is 565 g/mol. The number of ether oxygens (including phenoxy) is 2. The van der Waals surface area contributed by atoms with Crippen LogP contribution in [0.1, 0.15) is 12.5 Å². The quantitative estimate of drug-likeness (QED) is 0.114. The molecule has 2 saturated heterocycles. The lowest BCUT2D eigenvalue weighted by Gasteiger charge is -2.23. The fourth-order valence-corrected chi connectivity index (χ4v) is 5.30. The number of aliphatic hydroxyl groups is 4. The van der Waals surface area contributed by atoms with Gasteiger partial charge >= 0.3 is 13.5 Å². The summed E-state index contributed by atoms with van der Waals surface area (Å²) in [6, 6.07) is 0. The van der Waals surface area contributed by atoms with Crippen molar-refractivity contribution in [3.8, 4) is 0 Å². The Balaban J connectivity index is 1.28. The zero-order valence-electron chi connectivity index (χ0n) is 20.1. The molecule has 0 aromatic carbocycles. The lowest BCUT2D eigenvalue weighted by Crippen LogP contribution is -2.37. The second kappa shape index (κ2) is 10.6. The van der Waals surface area contributed by atoms with Crippen LogP contribution in [0.3, 0.4) is 0 Å². The number of nitrogens with zero attached hydrogens (tertiary/aromatic N) is 6. The molecule has 3 aromatic heterocycles. The monoisotopic (exact) mass is 589 g/mol. The van der Waals surface area contributed by atoms with Crippen molar-refractivity contribution in [2.24, 2.45) is 0 Å². The SMILES string of the molecule is Nc1ncn([C@@H]2O[C@H](COP(=O)(O)O[C@@H]3[C@H](O)[C@H](n4cnc5c(=O)[nH]c(N)nc54)O[C@@H]3CO)[C@H](O)[C@@H]2O)c(=O)n1. The van der Waals surface area contributed by atoms with E-state index in [1.165, 1.54) is 0 Å². The number of H-pyrrole nitrogens is 1. The van der Waals surface area contributed by atoms with Crippen molar-refractivity contribution in [1.29, 1.82) is 0 Å². The van der Waals surface area contributed by atoms with Crippen LogP contribution in [-0.2, 0) is 23.1 Å². The van der Waals surface area contributed by atoms with E-state index >= 15 is 0 Å². The third-order valence-electron chi connectivity index (χ3n) is 6.23. The molecule has 1 unspecified atom stereocenters. The number of phosphoric acid groups is 1. The van der Waals surface area contributed by atoms with Gasteiger partial charge in [-0.3, -0.25) is 28.0 Å². The summed E-state index contributed by atoms with van der Waals surface area (Å²) in [5.41, 5.74) is 9.11. The van der Waals surface area contributed by atoms with Gasteiger partial charge in [-0.15, -0.1) is 0 Å². The molecule has 5 rings (SSSR count). The van der Waals surface area contributed by atoms with Crippen LogP contribution in [0.15, 0.2) is 22.2 Å². The molecule has 9 atom stereocenters. The van der Waals surface area contributed by atoms with Gasteiger partial charge in [0, 0.05) is 0 Å². The molecule has 10 N–H and O–H groups in total. The van der Waals surface area contributed by atoms with E-state index in [-0.39, 0.29) is 23.1 Å². The van der Waals surface area contributed by atoms with Gasteiger partial charge in [-0.2, -0.15) is 9.97 Å². The Morgan fingerprint density at radius 3 is 2.38 bits per heavy atom. The molecule has 2 fully saturated rings. The Bertz CT molecular complexity index is 1560. The van der Waals surface area contributed by atoms with Gasteiger partial charge in [0.05, 0.1) is 19.5 Å². The van der Waals surface area contributed by atoms with Crippen LogP contribution in [0.2, 0.25) is 0 Å². The van der Waals surface area contributed by atoms with E-state index in [4.69, 9.17) is 30.0 Å². The Hall–Kier alpha value is -3.37. The third-order valence-corrected chi connectivity index (χ3v) is 7.21. The summed E-state index contributed by atoms with van der Waals surface area (Å²) in [4.78, 5) is 51.5. The molecule has 0 spiro atoms. The van der Waals surface area contributed by atoms with Crippen molar-refractivity contribution < 1.29 is 48.4 Å². The molecule has 0 amide bonds. The molecule has 5 heterocycles.